The number of hydrogen-bond donors (Lipinski definition) is 1. The van der Waals surface area contributed by atoms with E-state index in [1.165, 1.54) is 37.4 Å². The van der Waals surface area contributed by atoms with Crippen molar-refractivity contribution in [2.24, 2.45) is 0 Å². The second-order valence-electron chi connectivity index (χ2n) is 12.4. The Hall–Kier alpha value is -4.86. The molecule has 13 heteroatoms. The number of nitriles is 1. The summed E-state index contributed by atoms with van der Waals surface area (Å²) in [6.45, 7) is 5.72. The van der Waals surface area contributed by atoms with Crippen LogP contribution in [-0.2, 0) is 21.2 Å². The van der Waals surface area contributed by atoms with Crippen molar-refractivity contribution < 1.29 is 36.6 Å². The molecule has 1 saturated heterocycles. The number of pyridine rings is 1. The maximum absolute atomic E-state index is 15.7. The summed E-state index contributed by atoms with van der Waals surface area (Å²) in [6, 6.07) is 13.0. The number of hydrogen-bond acceptors (Lipinski definition) is 7. The zero-order chi connectivity index (χ0) is 34.6. The molecule has 47 heavy (non-hydrogen) atoms. The van der Waals surface area contributed by atoms with Crippen LogP contribution >= 0.6 is 0 Å². The molecule has 1 N–H and O–H groups in total. The maximum atomic E-state index is 15.7. The van der Waals surface area contributed by atoms with Crippen molar-refractivity contribution in [2.75, 3.05) is 38.7 Å². The number of carbonyl (C=O) groups is 2. The average Bonchev–Trinajstić information content (AvgIpc) is 3.02. The number of ether oxygens (including phenoxy) is 2. The van der Waals surface area contributed by atoms with E-state index in [1.807, 2.05) is 6.07 Å². The number of halogens is 4. The summed E-state index contributed by atoms with van der Waals surface area (Å²) in [4.78, 5) is 33.2. The van der Waals surface area contributed by atoms with E-state index in [2.05, 4.69) is 10.3 Å². The lowest BCUT2D eigenvalue weighted by Crippen LogP contribution is -2.53. The summed E-state index contributed by atoms with van der Waals surface area (Å²) in [5.41, 5.74) is -1.64. The van der Waals surface area contributed by atoms with E-state index in [-0.39, 0.29) is 50.2 Å². The van der Waals surface area contributed by atoms with E-state index in [0.717, 1.165) is 12.1 Å². The molecule has 0 spiro atoms. The van der Waals surface area contributed by atoms with Crippen LogP contribution in [0.25, 0.3) is 11.3 Å². The number of alkyl halides is 3. The monoisotopic (exact) mass is 655 g/mol. The predicted octanol–water partition coefficient (Wildman–Crippen LogP) is 6.66. The molecule has 0 atom stereocenters. The third kappa shape index (κ3) is 8.30. The Morgan fingerprint density at radius 1 is 1.11 bits per heavy atom. The van der Waals surface area contributed by atoms with Gasteiger partial charge in [-0.15, -0.1) is 0 Å². The lowest BCUT2D eigenvalue weighted by molar-refractivity contribution is -0.137. The van der Waals surface area contributed by atoms with Gasteiger partial charge in [-0.1, -0.05) is 12.1 Å². The van der Waals surface area contributed by atoms with Gasteiger partial charge in [0.25, 0.3) is 0 Å². The molecule has 0 saturated carbocycles. The Kier molecular flexibility index (Phi) is 10.3. The summed E-state index contributed by atoms with van der Waals surface area (Å²) in [6.07, 6.45) is -3.32. The second-order valence-corrected chi connectivity index (χ2v) is 12.4. The molecule has 2 amide bonds. The zero-order valence-corrected chi connectivity index (χ0v) is 26.9. The quantitative estimate of drug-likeness (QED) is 0.271. The molecule has 9 nitrogen and oxygen atoms in total. The van der Waals surface area contributed by atoms with E-state index in [4.69, 9.17) is 9.47 Å². The number of amides is 2. The molecule has 0 bridgehead atoms. The molecule has 1 fully saturated rings. The van der Waals surface area contributed by atoms with Crippen LogP contribution in [0.2, 0.25) is 0 Å². The fraction of sp³-hybridized carbons (Fsp3) is 0.412. The molecular formula is C34H37F4N5O4. The van der Waals surface area contributed by atoms with Crippen molar-refractivity contribution >= 4 is 17.7 Å². The number of nitrogens with one attached hydrogen (secondary N) is 1. The first kappa shape index (κ1) is 35.0. The Balaban J connectivity index is 1.62. The minimum absolute atomic E-state index is 0.0549. The molecule has 1 aliphatic heterocycles. The average molecular weight is 656 g/mol. The largest absolute Gasteiger partial charge is 0.496 e. The third-order valence-corrected chi connectivity index (χ3v) is 7.92. The van der Waals surface area contributed by atoms with Gasteiger partial charge in [-0.05, 0) is 75.6 Å². The van der Waals surface area contributed by atoms with Gasteiger partial charge in [-0.3, -0.25) is 9.78 Å². The number of rotatable bonds is 8. The summed E-state index contributed by atoms with van der Waals surface area (Å²) in [7, 11) is 2.99. The highest BCUT2D eigenvalue weighted by atomic mass is 19.4. The predicted molar refractivity (Wildman–Crippen MR) is 167 cm³/mol. The van der Waals surface area contributed by atoms with Crippen molar-refractivity contribution in [3.63, 3.8) is 0 Å². The Labute approximate surface area is 271 Å². The third-order valence-electron chi connectivity index (χ3n) is 7.92. The van der Waals surface area contributed by atoms with Crippen LogP contribution in [0.5, 0.6) is 5.75 Å². The first-order chi connectivity index (χ1) is 22.1. The highest BCUT2D eigenvalue weighted by Crippen LogP contribution is 2.39. The summed E-state index contributed by atoms with van der Waals surface area (Å²) in [5.74, 6) is -0.612. The van der Waals surface area contributed by atoms with Crippen LogP contribution in [0.15, 0.2) is 54.7 Å². The second kappa shape index (κ2) is 13.9. The van der Waals surface area contributed by atoms with Crippen LogP contribution in [0, 0.1) is 17.1 Å². The minimum atomic E-state index is -4.60. The lowest BCUT2D eigenvalue weighted by Gasteiger charge is -2.44. The van der Waals surface area contributed by atoms with E-state index < -0.39 is 40.7 Å². The van der Waals surface area contributed by atoms with Crippen LogP contribution in [-0.4, -0.2) is 61.3 Å². The van der Waals surface area contributed by atoms with Gasteiger partial charge < -0.3 is 24.6 Å². The Morgan fingerprint density at radius 3 is 2.38 bits per heavy atom. The summed E-state index contributed by atoms with van der Waals surface area (Å²) in [5, 5.41) is 12.7. The number of para-hydroxylation sites is 1. The van der Waals surface area contributed by atoms with E-state index in [0.29, 0.717) is 22.6 Å². The molecule has 250 valence electrons. The molecule has 3 aromatic rings. The van der Waals surface area contributed by atoms with Gasteiger partial charge in [0.15, 0.2) is 0 Å². The number of aromatic nitrogens is 1. The van der Waals surface area contributed by atoms with Gasteiger partial charge in [0, 0.05) is 44.9 Å². The highest BCUT2D eigenvalue weighted by molar-refractivity contribution is 5.78. The van der Waals surface area contributed by atoms with E-state index in [1.54, 1.807) is 49.9 Å². The fourth-order valence-corrected chi connectivity index (χ4v) is 5.46. The molecule has 0 aliphatic carbocycles. The zero-order valence-electron chi connectivity index (χ0n) is 26.9. The first-order valence-electron chi connectivity index (χ1n) is 15.0. The molecule has 1 aromatic heterocycles. The fourth-order valence-electron chi connectivity index (χ4n) is 5.46. The molecule has 0 radical (unpaired) electrons. The van der Waals surface area contributed by atoms with Gasteiger partial charge in [-0.2, -0.15) is 18.4 Å². The Bertz CT molecular complexity index is 1660. The van der Waals surface area contributed by atoms with Crippen molar-refractivity contribution in [3.05, 3.63) is 77.2 Å². The van der Waals surface area contributed by atoms with Gasteiger partial charge in [0.2, 0.25) is 5.91 Å². The number of benzene rings is 2. The lowest BCUT2D eigenvalue weighted by atomic mass is 9.80. The van der Waals surface area contributed by atoms with Crippen molar-refractivity contribution in [2.45, 2.75) is 57.3 Å². The molecule has 2 heterocycles. The molecule has 0 unspecified atom stereocenters. The molecule has 1 aliphatic rings. The van der Waals surface area contributed by atoms with Gasteiger partial charge in [0.05, 0.1) is 29.5 Å². The van der Waals surface area contributed by atoms with Crippen LogP contribution in [0.3, 0.4) is 0 Å². The number of methoxy groups -OCH3 is 1. The van der Waals surface area contributed by atoms with Crippen molar-refractivity contribution in [3.8, 4) is 23.1 Å². The van der Waals surface area contributed by atoms with Gasteiger partial charge in [-0.25, -0.2) is 9.18 Å². The van der Waals surface area contributed by atoms with Gasteiger partial charge >= 0.3 is 12.3 Å². The smallest absolute Gasteiger partial charge is 0.416 e. The topological polar surface area (TPSA) is 108 Å². The normalized spacial score (nSPS) is 14.6. The Morgan fingerprint density at radius 2 is 1.79 bits per heavy atom. The van der Waals surface area contributed by atoms with Crippen LogP contribution < -0.4 is 15.0 Å². The summed E-state index contributed by atoms with van der Waals surface area (Å²) < 4.78 is 66.3. The standard InChI is InChI=1S/C34H37F4N5O4/c1-32(2,3)47-31(45)42(4)15-12-29(44)41-33(24-19-26(35)30(40-21-24)25-8-6-7-9-28(25)46-5)13-16-43(17-14-33)27-11-10-23(34(36,37)38)18-22(27)20-39/h6-11,18-19,21H,12-17H2,1-5H3,(H,41,44). The van der Waals surface area contributed by atoms with Crippen LogP contribution in [0.4, 0.5) is 28.0 Å². The molecular weight excluding hydrogens is 618 g/mol. The van der Waals surface area contributed by atoms with Crippen molar-refractivity contribution in [1.82, 2.24) is 15.2 Å². The van der Waals surface area contributed by atoms with E-state index in [9.17, 15) is 28.0 Å². The van der Waals surface area contributed by atoms with Crippen LogP contribution in [0.1, 0.15) is 56.7 Å². The molecule has 4 rings (SSSR count). The van der Waals surface area contributed by atoms with E-state index >= 15 is 4.39 Å². The number of piperidine rings is 1. The minimum Gasteiger partial charge on any atom is -0.496 e. The summed E-state index contributed by atoms with van der Waals surface area (Å²) >= 11 is 0. The van der Waals surface area contributed by atoms with Gasteiger partial charge in [0.1, 0.15) is 28.9 Å². The SMILES string of the molecule is COc1ccccc1-c1ncc(C2(NC(=O)CCN(C)C(=O)OC(C)(C)C)CCN(c3ccc(C(F)(F)F)cc3C#N)CC2)cc1F. The maximum Gasteiger partial charge on any atom is 0.416 e. The number of nitrogens with zero attached hydrogens (tertiary/aromatic N) is 4. The number of anilines is 1. The highest BCUT2D eigenvalue weighted by Gasteiger charge is 2.40. The number of carbonyl (C=O) groups excluding carboxylic acids is 2. The first-order valence-corrected chi connectivity index (χ1v) is 15.0. The van der Waals surface area contributed by atoms with Crippen molar-refractivity contribution in [1.29, 1.82) is 5.26 Å². The molecule has 2 aromatic carbocycles.